The zero-order chi connectivity index (χ0) is 22.7. The topological polar surface area (TPSA) is 72.5 Å². The van der Waals surface area contributed by atoms with Crippen molar-refractivity contribution in [3.8, 4) is 0 Å². The van der Waals surface area contributed by atoms with Crippen LogP contribution >= 0.6 is 0 Å². The Morgan fingerprint density at radius 3 is 2.50 bits per heavy atom. The maximum absolute atomic E-state index is 12.7. The van der Waals surface area contributed by atoms with Crippen LogP contribution in [0.4, 0.5) is 24.5 Å². The molecular formula is C23H17F3N4O2. The number of hydrogen-bond acceptors (Lipinski definition) is 4. The van der Waals surface area contributed by atoms with Gasteiger partial charge in [-0.25, -0.2) is 0 Å². The Morgan fingerprint density at radius 2 is 1.78 bits per heavy atom. The first kappa shape index (κ1) is 21.1. The molecule has 1 N–H and O–H groups in total. The molecule has 162 valence electrons. The molecular weight excluding hydrogens is 421 g/mol. The van der Waals surface area contributed by atoms with Crippen molar-refractivity contribution in [3.05, 3.63) is 106 Å². The fraction of sp³-hybridized carbons (Fsp3) is 0.0870. The number of para-hydroxylation sites is 1. The average Bonchev–Trinajstić information content (AvgIpc) is 3.11. The zero-order valence-electron chi connectivity index (χ0n) is 16.6. The van der Waals surface area contributed by atoms with E-state index in [-0.39, 0.29) is 5.69 Å². The van der Waals surface area contributed by atoms with Crippen molar-refractivity contribution in [1.82, 2.24) is 4.57 Å². The van der Waals surface area contributed by atoms with Crippen molar-refractivity contribution in [2.45, 2.75) is 12.7 Å². The lowest BCUT2D eigenvalue weighted by Gasteiger charge is -2.06. The summed E-state index contributed by atoms with van der Waals surface area (Å²) in [5.41, 5.74) is 4.97. The average molecular weight is 438 g/mol. The zero-order valence-corrected chi connectivity index (χ0v) is 16.6. The van der Waals surface area contributed by atoms with Crippen LogP contribution in [0.5, 0.6) is 0 Å². The minimum Gasteiger partial charge on any atom is -0.342 e. The molecule has 1 aromatic heterocycles. The third kappa shape index (κ3) is 4.61. The van der Waals surface area contributed by atoms with Gasteiger partial charge in [-0.3, -0.25) is 15.5 Å². The minimum absolute atomic E-state index is 0.0292. The normalized spacial score (nSPS) is 11.8. The summed E-state index contributed by atoms with van der Waals surface area (Å²) in [6.07, 6.45) is -0.922. The molecule has 0 fully saturated rings. The third-order valence-corrected chi connectivity index (χ3v) is 4.90. The fourth-order valence-electron chi connectivity index (χ4n) is 3.38. The largest absolute Gasteiger partial charge is 0.416 e. The van der Waals surface area contributed by atoms with E-state index < -0.39 is 16.7 Å². The summed E-state index contributed by atoms with van der Waals surface area (Å²) in [7, 11) is 0. The Balaban J connectivity index is 1.56. The lowest BCUT2D eigenvalue weighted by molar-refractivity contribution is -0.384. The molecule has 0 bridgehead atoms. The number of rotatable bonds is 6. The fourth-order valence-corrected chi connectivity index (χ4v) is 3.38. The highest BCUT2D eigenvalue weighted by Gasteiger charge is 2.29. The standard InChI is InChI=1S/C23H17F3N4O2/c24-23(25,26)18-8-10-19(11-9-18)28-27-13-17-15-29(22-7-2-1-6-21(17)22)14-16-4-3-5-20(12-16)30(31)32/h1-13,15,28H,14H2/b27-13+. The summed E-state index contributed by atoms with van der Waals surface area (Å²) in [6, 6.07) is 18.7. The molecule has 0 amide bonds. The van der Waals surface area contributed by atoms with E-state index in [1.54, 1.807) is 12.3 Å². The minimum atomic E-state index is -4.39. The summed E-state index contributed by atoms with van der Waals surface area (Å²) in [5.74, 6) is 0. The molecule has 0 aliphatic rings. The van der Waals surface area contributed by atoms with Crippen LogP contribution in [0, 0.1) is 10.1 Å². The van der Waals surface area contributed by atoms with E-state index in [0.29, 0.717) is 12.2 Å². The van der Waals surface area contributed by atoms with Gasteiger partial charge in [0.05, 0.1) is 22.4 Å². The number of alkyl halides is 3. The van der Waals surface area contributed by atoms with Gasteiger partial charge in [0.2, 0.25) is 0 Å². The summed E-state index contributed by atoms with van der Waals surface area (Å²) >= 11 is 0. The van der Waals surface area contributed by atoms with E-state index in [0.717, 1.165) is 34.2 Å². The molecule has 0 atom stereocenters. The van der Waals surface area contributed by atoms with Crippen molar-refractivity contribution in [2.75, 3.05) is 5.43 Å². The first-order valence-corrected chi connectivity index (χ1v) is 9.59. The van der Waals surface area contributed by atoms with Crippen LogP contribution in [-0.4, -0.2) is 15.7 Å². The number of hydrogen-bond donors (Lipinski definition) is 1. The molecule has 4 rings (SSSR count). The number of anilines is 1. The Hall–Kier alpha value is -4.14. The van der Waals surface area contributed by atoms with E-state index in [9.17, 15) is 23.3 Å². The van der Waals surface area contributed by atoms with Gasteiger partial charge >= 0.3 is 6.18 Å². The number of nitrogens with one attached hydrogen (secondary N) is 1. The van der Waals surface area contributed by atoms with E-state index >= 15 is 0 Å². The highest BCUT2D eigenvalue weighted by atomic mass is 19.4. The van der Waals surface area contributed by atoms with Gasteiger partial charge in [-0.2, -0.15) is 18.3 Å². The van der Waals surface area contributed by atoms with E-state index in [4.69, 9.17) is 0 Å². The van der Waals surface area contributed by atoms with Gasteiger partial charge in [0, 0.05) is 41.3 Å². The number of halogens is 3. The lowest BCUT2D eigenvalue weighted by Crippen LogP contribution is -2.04. The second-order valence-electron chi connectivity index (χ2n) is 7.10. The van der Waals surface area contributed by atoms with Crippen LogP contribution in [0.1, 0.15) is 16.7 Å². The number of aromatic nitrogens is 1. The molecule has 0 unspecified atom stereocenters. The molecule has 0 aliphatic carbocycles. The Kier molecular flexibility index (Phi) is 5.63. The SMILES string of the molecule is O=[N+]([O-])c1cccc(Cn2cc(/C=N/Nc3ccc(C(F)(F)F)cc3)c3ccccc32)c1. The van der Waals surface area contributed by atoms with Crippen LogP contribution < -0.4 is 5.43 Å². The summed E-state index contributed by atoms with van der Waals surface area (Å²) < 4.78 is 40.0. The Morgan fingerprint density at radius 1 is 1.03 bits per heavy atom. The van der Waals surface area contributed by atoms with Gasteiger partial charge in [0.15, 0.2) is 0 Å². The Bertz CT molecular complexity index is 1290. The molecule has 0 radical (unpaired) electrons. The first-order valence-electron chi connectivity index (χ1n) is 9.59. The van der Waals surface area contributed by atoms with Gasteiger partial charge in [0.25, 0.3) is 5.69 Å². The number of nitro groups is 1. The van der Waals surface area contributed by atoms with E-state index in [1.807, 2.05) is 41.1 Å². The van der Waals surface area contributed by atoms with Crippen molar-refractivity contribution >= 4 is 28.5 Å². The highest BCUT2D eigenvalue weighted by molar-refractivity contribution is 5.99. The monoisotopic (exact) mass is 438 g/mol. The van der Waals surface area contributed by atoms with Crippen molar-refractivity contribution in [1.29, 1.82) is 0 Å². The molecule has 6 nitrogen and oxygen atoms in total. The van der Waals surface area contributed by atoms with Crippen LogP contribution in [-0.2, 0) is 12.7 Å². The summed E-state index contributed by atoms with van der Waals surface area (Å²) in [6.45, 7) is 0.433. The molecule has 1 heterocycles. The van der Waals surface area contributed by atoms with Crippen LogP contribution in [0.3, 0.4) is 0 Å². The van der Waals surface area contributed by atoms with Crippen LogP contribution in [0.2, 0.25) is 0 Å². The van der Waals surface area contributed by atoms with E-state index in [1.165, 1.54) is 24.3 Å². The van der Waals surface area contributed by atoms with E-state index in [2.05, 4.69) is 10.5 Å². The van der Waals surface area contributed by atoms with Crippen LogP contribution in [0.15, 0.2) is 84.1 Å². The first-order chi connectivity index (χ1) is 15.3. The lowest BCUT2D eigenvalue weighted by atomic mass is 10.2. The predicted octanol–water partition coefficient (Wildman–Crippen LogP) is 6.06. The van der Waals surface area contributed by atoms with Gasteiger partial charge in [-0.1, -0.05) is 30.3 Å². The summed E-state index contributed by atoms with van der Waals surface area (Å²) in [5, 5.41) is 16.1. The van der Waals surface area contributed by atoms with Gasteiger partial charge < -0.3 is 4.57 Å². The number of nitro benzene ring substituents is 1. The smallest absolute Gasteiger partial charge is 0.342 e. The second-order valence-corrected chi connectivity index (χ2v) is 7.10. The number of fused-ring (bicyclic) bond motifs is 1. The third-order valence-electron chi connectivity index (χ3n) is 4.90. The summed E-state index contributed by atoms with van der Waals surface area (Å²) in [4.78, 5) is 10.6. The number of non-ortho nitro benzene ring substituents is 1. The predicted molar refractivity (Wildman–Crippen MR) is 117 cm³/mol. The quantitative estimate of drug-likeness (QED) is 0.226. The molecule has 9 heteroatoms. The molecule has 0 aliphatic heterocycles. The van der Waals surface area contributed by atoms with Gasteiger partial charge in [-0.15, -0.1) is 0 Å². The van der Waals surface area contributed by atoms with Crippen molar-refractivity contribution in [3.63, 3.8) is 0 Å². The molecule has 0 saturated carbocycles. The maximum Gasteiger partial charge on any atom is 0.416 e. The second kappa shape index (κ2) is 8.54. The Labute approximate surface area is 180 Å². The number of hydrazone groups is 1. The number of nitrogens with zero attached hydrogens (tertiary/aromatic N) is 3. The van der Waals surface area contributed by atoms with Crippen LogP contribution in [0.25, 0.3) is 10.9 Å². The number of benzene rings is 3. The molecule has 4 aromatic rings. The maximum atomic E-state index is 12.7. The highest BCUT2D eigenvalue weighted by Crippen LogP contribution is 2.30. The molecule has 32 heavy (non-hydrogen) atoms. The molecule has 3 aromatic carbocycles. The van der Waals surface area contributed by atoms with Gasteiger partial charge in [-0.05, 0) is 35.9 Å². The molecule has 0 spiro atoms. The van der Waals surface area contributed by atoms with Crippen molar-refractivity contribution in [2.24, 2.45) is 5.10 Å². The molecule has 0 saturated heterocycles. The van der Waals surface area contributed by atoms with Crippen molar-refractivity contribution < 1.29 is 18.1 Å². The van der Waals surface area contributed by atoms with Gasteiger partial charge in [0.1, 0.15) is 0 Å².